The number of ether oxygens (including phenoxy) is 1. The molecule has 9 heteroatoms. The van der Waals surface area contributed by atoms with Gasteiger partial charge in [0, 0.05) is 61.6 Å². The third-order valence-electron chi connectivity index (χ3n) is 6.19. The summed E-state index contributed by atoms with van der Waals surface area (Å²) in [5.74, 6) is -2.28. The predicted octanol–water partition coefficient (Wildman–Crippen LogP) is 4.91. The molecule has 1 saturated carbocycles. The molecule has 6 nitrogen and oxygen atoms in total. The lowest BCUT2D eigenvalue weighted by Gasteiger charge is -2.32. The Morgan fingerprint density at radius 1 is 1.24 bits per heavy atom. The molecule has 3 heterocycles. The van der Waals surface area contributed by atoms with Gasteiger partial charge in [-0.1, -0.05) is 0 Å². The summed E-state index contributed by atoms with van der Waals surface area (Å²) in [6.07, 6.45) is 5.07. The van der Waals surface area contributed by atoms with Gasteiger partial charge in [-0.3, -0.25) is 4.79 Å². The molecule has 2 aliphatic rings. The zero-order chi connectivity index (χ0) is 23.0. The van der Waals surface area contributed by atoms with Crippen molar-refractivity contribution in [2.45, 2.75) is 38.0 Å². The van der Waals surface area contributed by atoms with Crippen LogP contribution in [-0.2, 0) is 11.2 Å². The van der Waals surface area contributed by atoms with Crippen LogP contribution in [-0.4, -0.2) is 41.5 Å². The number of aromatic amines is 1. The molecule has 3 aromatic rings. The molecule has 174 valence electrons. The third-order valence-corrected chi connectivity index (χ3v) is 6.19. The minimum atomic E-state index is -2.68. The summed E-state index contributed by atoms with van der Waals surface area (Å²) in [7, 11) is 0. The summed E-state index contributed by atoms with van der Waals surface area (Å²) in [6, 6.07) is 6.97. The van der Waals surface area contributed by atoms with Crippen molar-refractivity contribution >= 4 is 28.3 Å². The largest absolute Gasteiger partial charge is 0.493 e. The number of alkyl halides is 2. The van der Waals surface area contributed by atoms with E-state index in [0.717, 1.165) is 29.4 Å². The molecule has 5 rings (SSSR count). The Morgan fingerprint density at radius 2 is 2.03 bits per heavy atom. The first-order valence-electron chi connectivity index (χ1n) is 11.2. The van der Waals surface area contributed by atoms with Gasteiger partial charge in [0.15, 0.2) is 11.6 Å². The number of carbonyl (C=O) groups is 1. The number of rotatable bonds is 7. The number of piperidine rings is 1. The van der Waals surface area contributed by atoms with Crippen molar-refractivity contribution in [3.63, 3.8) is 0 Å². The lowest BCUT2D eigenvalue weighted by Crippen LogP contribution is -2.40. The second-order valence-corrected chi connectivity index (χ2v) is 8.76. The third kappa shape index (κ3) is 4.91. The first-order valence-corrected chi connectivity index (χ1v) is 11.2. The number of hydrogen-bond acceptors (Lipinski definition) is 4. The summed E-state index contributed by atoms with van der Waals surface area (Å²) in [4.78, 5) is 21.0. The molecule has 1 aliphatic carbocycles. The molecular formula is C24H25F3N4O2. The molecule has 1 aromatic carbocycles. The SMILES string of the molecule is O=C(Nc1c[nH]c2ccc(OCCc3cnc(N4CCC(F)(F)CC4)c(F)c3)cc12)C1CC1. The van der Waals surface area contributed by atoms with Crippen LogP contribution in [0.3, 0.4) is 0 Å². The molecule has 1 aliphatic heterocycles. The predicted molar refractivity (Wildman–Crippen MR) is 119 cm³/mol. The van der Waals surface area contributed by atoms with Crippen molar-refractivity contribution in [3.8, 4) is 5.75 Å². The van der Waals surface area contributed by atoms with Crippen LogP contribution in [0.4, 0.5) is 24.7 Å². The summed E-state index contributed by atoms with van der Waals surface area (Å²) in [6.45, 7) is 0.490. The van der Waals surface area contributed by atoms with E-state index in [4.69, 9.17) is 4.74 Å². The highest BCUT2D eigenvalue weighted by molar-refractivity contribution is 6.03. The average Bonchev–Trinajstić information content (AvgIpc) is 3.57. The van der Waals surface area contributed by atoms with E-state index in [9.17, 15) is 18.0 Å². The van der Waals surface area contributed by atoms with E-state index < -0.39 is 11.7 Å². The zero-order valence-electron chi connectivity index (χ0n) is 18.0. The number of fused-ring (bicyclic) bond motifs is 1. The molecule has 2 aromatic heterocycles. The smallest absolute Gasteiger partial charge is 0.251 e. The lowest BCUT2D eigenvalue weighted by atomic mass is 10.1. The van der Waals surface area contributed by atoms with Crippen LogP contribution in [0.25, 0.3) is 10.9 Å². The van der Waals surface area contributed by atoms with Gasteiger partial charge in [0.1, 0.15) is 5.75 Å². The molecule has 2 fully saturated rings. The molecule has 0 bridgehead atoms. The van der Waals surface area contributed by atoms with Crippen LogP contribution in [0.15, 0.2) is 36.7 Å². The number of pyridine rings is 1. The van der Waals surface area contributed by atoms with Crippen molar-refractivity contribution in [2.24, 2.45) is 5.92 Å². The van der Waals surface area contributed by atoms with Gasteiger partial charge < -0.3 is 19.9 Å². The van der Waals surface area contributed by atoms with Crippen LogP contribution in [0.5, 0.6) is 5.75 Å². The van der Waals surface area contributed by atoms with Gasteiger partial charge in [0.05, 0.1) is 12.3 Å². The van der Waals surface area contributed by atoms with E-state index in [2.05, 4.69) is 15.3 Å². The lowest BCUT2D eigenvalue weighted by molar-refractivity contribution is -0.117. The Morgan fingerprint density at radius 3 is 2.76 bits per heavy atom. The van der Waals surface area contributed by atoms with Gasteiger partial charge in [-0.15, -0.1) is 0 Å². The number of anilines is 2. The summed E-state index contributed by atoms with van der Waals surface area (Å²) < 4.78 is 47.1. The van der Waals surface area contributed by atoms with Gasteiger partial charge >= 0.3 is 0 Å². The molecule has 1 amide bonds. The maximum atomic E-state index is 14.6. The normalized spacial score (nSPS) is 17.8. The minimum Gasteiger partial charge on any atom is -0.493 e. The highest BCUT2D eigenvalue weighted by Crippen LogP contribution is 2.33. The van der Waals surface area contributed by atoms with E-state index in [1.807, 2.05) is 18.2 Å². The number of nitrogens with zero attached hydrogens (tertiary/aromatic N) is 2. The fraction of sp³-hybridized carbons (Fsp3) is 0.417. The fourth-order valence-electron chi connectivity index (χ4n) is 4.05. The standard InChI is InChI=1S/C24H25F3N4O2/c25-19-11-15(13-29-22(19)31-8-6-24(26,27)7-9-31)5-10-33-17-3-4-20-18(12-17)21(14-28-20)30-23(32)16-1-2-16/h3-4,11-14,16,28H,1-2,5-10H2,(H,30,32). The Kier molecular flexibility index (Phi) is 5.64. The number of halogens is 3. The van der Waals surface area contributed by atoms with Gasteiger partial charge in [-0.25, -0.2) is 18.2 Å². The molecule has 0 spiro atoms. The van der Waals surface area contributed by atoms with E-state index in [-0.39, 0.29) is 43.6 Å². The molecule has 0 radical (unpaired) electrons. The van der Waals surface area contributed by atoms with Crippen molar-refractivity contribution in [3.05, 3.63) is 48.0 Å². The Hall–Kier alpha value is -3.23. The van der Waals surface area contributed by atoms with E-state index in [0.29, 0.717) is 24.3 Å². The maximum Gasteiger partial charge on any atom is 0.251 e. The number of benzene rings is 1. The number of aromatic nitrogens is 2. The number of amides is 1. The van der Waals surface area contributed by atoms with E-state index in [1.165, 1.54) is 6.07 Å². The first kappa shape index (κ1) is 21.6. The van der Waals surface area contributed by atoms with Crippen LogP contribution in [0, 0.1) is 11.7 Å². The summed E-state index contributed by atoms with van der Waals surface area (Å²) in [5.41, 5.74) is 2.29. The van der Waals surface area contributed by atoms with Crippen molar-refractivity contribution in [1.82, 2.24) is 9.97 Å². The maximum absolute atomic E-state index is 14.6. The van der Waals surface area contributed by atoms with Crippen molar-refractivity contribution in [2.75, 3.05) is 29.9 Å². The second-order valence-electron chi connectivity index (χ2n) is 8.76. The van der Waals surface area contributed by atoms with Gasteiger partial charge in [-0.2, -0.15) is 0 Å². The topological polar surface area (TPSA) is 70.2 Å². The van der Waals surface area contributed by atoms with E-state index in [1.54, 1.807) is 17.3 Å². The minimum absolute atomic E-state index is 0.0402. The Bertz CT molecular complexity index is 1170. The number of nitrogens with one attached hydrogen (secondary N) is 2. The molecule has 2 N–H and O–H groups in total. The Balaban J connectivity index is 1.19. The first-order chi connectivity index (χ1) is 15.9. The van der Waals surface area contributed by atoms with Crippen LogP contribution in [0.1, 0.15) is 31.2 Å². The van der Waals surface area contributed by atoms with E-state index >= 15 is 0 Å². The molecular weight excluding hydrogens is 433 g/mol. The Labute approximate surface area is 189 Å². The second kappa shape index (κ2) is 8.61. The highest BCUT2D eigenvalue weighted by Gasteiger charge is 2.35. The van der Waals surface area contributed by atoms with Gasteiger partial charge in [0.25, 0.3) is 5.92 Å². The number of H-pyrrole nitrogens is 1. The van der Waals surface area contributed by atoms with Gasteiger partial charge in [-0.05, 0) is 42.7 Å². The van der Waals surface area contributed by atoms with Gasteiger partial charge in [0.2, 0.25) is 5.91 Å². The highest BCUT2D eigenvalue weighted by atomic mass is 19.3. The monoisotopic (exact) mass is 458 g/mol. The van der Waals surface area contributed by atoms with Crippen LogP contribution < -0.4 is 15.0 Å². The summed E-state index contributed by atoms with van der Waals surface area (Å²) >= 11 is 0. The van der Waals surface area contributed by atoms with Crippen LogP contribution in [0.2, 0.25) is 0 Å². The zero-order valence-corrected chi connectivity index (χ0v) is 18.0. The summed E-state index contributed by atoms with van der Waals surface area (Å²) in [5, 5.41) is 3.82. The van der Waals surface area contributed by atoms with Crippen LogP contribution >= 0.6 is 0 Å². The molecule has 1 saturated heterocycles. The molecule has 33 heavy (non-hydrogen) atoms. The number of hydrogen-bond donors (Lipinski definition) is 2. The average molecular weight is 458 g/mol. The van der Waals surface area contributed by atoms with Crippen molar-refractivity contribution in [1.29, 1.82) is 0 Å². The number of carbonyl (C=O) groups excluding carboxylic acids is 1. The quantitative estimate of drug-likeness (QED) is 0.528. The van der Waals surface area contributed by atoms with Crippen molar-refractivity contribution < 1.29 is 22.7 Å². The fourth-order valence-corrected chi connectivity index (χ4v) is 4.05. The molecule has 0 unspecified atom stereocenters. The molecule has 0 atom stereocenters.